The maximum Gasteiger partial charge on any atom is 0.239 e. The fraction of sp³-hybridized carbons (Fsp3) is 0.250. The van der Waals surface area contributed by atoms with Crippen molar-refractivity contribution in [2.45, 2.75) is 6.42 Å². The zero-order valence-corrected chi connectivity index (χ0v) is 16.1. The Hall–Kier alpha value is -2.80. The summed E-state index contributed by atoms with van der Waals surface area (Å²) >= 11 is 1.41. The minimum Gasteiger partial charge on any atom is -0.493 e. The lowest BCUT2D eigenvalue weighted by atomic mass is 10.1. The second kappa shape index (κ2) is 9.23. The Bertz CT molecular complexity index is 853. The predicted octanol–water partition coefficient (Wildman–Crippen LogP) is 3.21. The zero-order valence-electron chi connectivity index (χ0n) is 15.3. The van der Waals surface area contributed by atoms with E-state index < -0.39 is 0 Å². The van der Waals surface area contributed by atoms with Crippen LogP contribution in [0.2, 0.25) is 0 Å². The number of thioether (sulfide) groups is 1. The number of benzene rings is 2. The molecule has 0 bridgehead atoms. The number of carbonyl (C=O) groups is 1. The smallest absolute Gasteiger partial charge is 0.239 e. The van der Waals surface area contributed by atoms with Gasteiger partial charge in [-0.3, -0.25) is 9.69 Å². The summed E-state index contributed by atoms with van der Waals surface area (Å²) in [5.41, 5.74) is 2.03. The second-order valence-electron chi connectivity index (χ2n) is 5.81. The van der Waals surface area contributed by atoms with Gasteiger partial charge in [-0.05, 0) is 29.7 Å². The molecular formula is C20H21N3O3S. The number of hydrogen-bond acceptors (Lipinski definition) is 6. The van der Waals surface area contributed by atoms with Crippen LogP contribution in [-0.4, -0.2) is 48.7 Å². The summed E-state index contributed by atoms with van der Waals surface area (Å²) in [7, 11) is 3.22. The number of carbonyl (C=O) groups excluding carboxylic acids is 1. The molecule has 0 atom stereocenters. The molecule has 0 radical (unpaired) electrons. The molecule has 140 valence electrons. The van der Waals surface area contributed by atoms with Crippen molar-refractivity contribution in [3.63, 3.8) is 0 Å². The number of amidine groups is 1. The standard InChI is InChI=1S/C20H21N3O3S/c1-25-17-9-8-15(12-18(17)26-2)10-11-23-19(24)14-27-20(23)22-21-13-16-6-4-3-5-7-16/h3-9,12-13H,10-11,14H2,1-2H3/b21-13+,22-20+. The molecule has 1 heterocycles. The van der Waals surface area contributed by atoms with Crippen molar-refractivity contribution in [3.8, 4) is 11.5 Å². The molecule has 1 aliphatic heterocycles. The Labute approximate surface area is 162 Å². The molecule has 0 saturated carbocycles. The lowest BCUT2D eigenvalue weighted by Crippen LogP contribution is -2.31. The van der Waals surface area contributed by atoms with Gasteiger partial charge in [0.15, 0.2) is 16.7 Å². The van der Waals surface area contributed by atoms with Crippen LogP contribution < -0.4 is 9.47 Å². The molecule has 1 saturated heterocycles. The van der Waals surface area contributed by atoms with E-state index in [2.05, 4.69) is 10.2 Å². The first-order chi connectivity index (χ1) is 13.2. The Kier molecular flexibility index (Phi) is 6.49. The molecule has 27 heavy (non-hydrogen) atoms. The first kappa shape index (κ1) is 19.0. The van der Waals surface area contributed by atoms with Crippen LogP contribution >= 0.6 is 11.8 Å². The van der Waals surface area contributed by atoms with E-state index in [1.807, 2.05) is 48.5 Å². The van der Waals surface area contributed by atoms with Gasteiger partial charge in [0.05, 0.1) is 26.2 Å². The van der Waals surface area contributed by atoms with E-state index in [-0.39, 0.29) is 5.91 Å². The second-order valence-corrected chi connectivity index (χ2v) is 6.75. The van der Waals surface area contributed by atoms with E-state index in [9.17, 15) is 4.79 Å². The van der Waals surface area contributed by atoms with Crippen LogP contribution in [-0.2, 0) is 11.2 Å². The van der Waals surface area contributed by atoms with E-state index >= 15 is 0 Å². The summed E-state index contributed by atoms with van der Waals surface area (Å²) < 4.78 is 10.6. The largest absolute Gasteiger partial charge is 0.493 e. The number of methoxy groups -OCH3 is 2. The number of rotatable bonds is 7. The molecule has 0 aliphatic carbocycles. The average Bonchev–Trinajstić information content (AvgIpc) is 3.06. The summed E-state index contributed by atoms with van der Waals surface area (Å²) in [6, 6.07) is 15.5. The van der Waals surface area contributed by atoms with Crippen molar-refractivity contribution in [2.24, 2.45) is 10.2 Å². The highest BCUT2D eigenvalue weighted by atomic mass is 32.2. The maximum absolute atomic E-state index is 12.2. The van der Waals surface area contributed by atoms with Gasteiger partial charge in [-0.25, -0.2) is 0 Å². The third-order valence-corrected chi connectivity index (χ3v) is 5.03. The first-order valence-corrected chi connectivity index (χ1v) is 9.50. The number of ether oxygens (including phenoxy) is 2. The lowest BCUT2D eigenvalue weighted by molar-refractivity contribution is -0.124. The molecule has 7 heteroatoms. The summed E-state index contributed by atoms with van der Waals surface area (Å²) in [5.74, 6) is 1.81. The maximum atomic E-state index is 12.2. The Morgan fingerprint density at radius 3 is 2.63 bits per heavy atom. The van der Waals surface area contributed by atoms with Gasteiger partial charge in [-0.15, -0.1) is 5.10 Å². The van der Waals surface area contributed by atoms with E-state index in [1.165, 1.54) is 11.8 Å². The van der Waals surface area contributed by atoms with Crippen LogP contribution in [0.4, 0.5) is 0 Å². The van der Waals surface area contributed by atoms with Gasteiger partial charge < -0.3 is 9.47 Å². The summed E-state index contributed by atoms with van der Waals surface area (Å²) in [6.45, 7) is 0.543. The van der Waals surface area contributed by atoms with Crippen LogP contribution in [0.5, 0.6) is 11.5 Å². The summed E-state index contributed by atoms with van der Waals surface area (Å²) in [5, 5.41) is 8.99. The first-order valence-electron chi connectivity index (χ1n) is 8.51. The monoisotopic (exact) mass is 383 g/mol. The fourth-order valence-corrected chi connectivity index (χ4v) is 3.52. The average molecular weight is 383 g/mol. The van der Waals surface area contributed by atoms with Gasteiger partial charge in [0.25, 0.3) is 0 Å². The van der Waals surface area contributed by atoms with Gasteiger partial charge >= 0.3 is 0 Å². The van der Waals surface area contributed by atoms with E-state index in [0.29, 0.717) is 35.4 Å². The van der Waals surface area contributed by atoms with Gasteiger partial charge in [-0.1, -0.05) is 48.2 Å². The molecule has 0 N–H and O–H groups in total. The highest BCUT2D eigenvalue weighted by Crippen LogP contribution is 2.28. The molecule has 1 amide bonds. The highest BCUT2D eigenvalue weighted by Gasteiger charge is 2.28. The number of hydrogen-bond donors (Lipinski definition) is 0. The molecule has 0 aromatic heterocycles. The quantitative estimate of drug-likeness (QED) is 0.544. The Morgan fingerprint density at radius 1 is 1.11 bits per heavy atom. The van der Waals surface area contributed by atoms with Crippen molar-refractivity contribution < 1.29 is 14.3 Å². The Morgan fingerprint density at radius 2 is 1.89 bits per heavy atom. The molecule has 2 aromatic rings. The molecule has 3 rings (SSSR count). The fourth-order valence-electron chi connectivity index (χ4n) is 2.65. The van der Waals surface area contributed by atoms with Crippen molar-refractivity contribution in [3.05, 3.63) is 59.7 Å². The Balaban J connectivity index is 1.66. The van der Waals surface area contributed by atoms with Crippen LogP contribution in [0.25, 0.3) is 0 Å². The van der Waals surface area contributed by atoms with Gasteiger partial charge in [-0.2, -0.15) is 5.10 Å². The SMILES string of the molecule is COc1ccc(CCN2C(=O)CS/C2=N/N=C/c2ccccc2)cc1OC. The molecule has 2 aromatic carbocycles. The molecule has 6 nitrogen and oxygen atoms in total. The molecule has 0 unspecified atom stereocenters. The van der Waals surface area contributed by atoms with Crippen molar-refractivity contribution >= 4 is 29.1 Å². The van der Waals surface area contributed by atoms with Crippen LogP contribution in [0.3, 0.4) is 0 Å². The number of nitrogens with zero attached hydrogens (tertiary/aromatic N) is 3. The van der Waals surface area contributed by atoms with Crippen LogP contribution in [0.1, 0.15) is 11.1 Å². The van der Waals surface area contributed by atoms with E-state index in [4.69, 9.17) is 9.47 Å². The minimum atomic E-state index is 0.0501. The highest BCUT2D eigenvalue weighted by molar-refractivity contribution is 8.15. The van der Waals surface area contributed by atoms with Crippen molar-refractivity contribution in [1.29, 1.82) is 0 Å². The number of amides is 1. The third kappa shape index (κ3) is 4.89. The van der Waals surface area contributed by atoms with Crippen LogP contribution in [0, 0.1) is 0 Å². The molecule has 1 aliphatic rings. The van der Waals surface area contributed by atoms with Gasteiger partial charge in [0.2, 0.25) is 5.91 Å². The van der Waals surface area contributed by atoms with Gasteiger partial charge in [0.1, 0.15) is 0 Å². The predicted molar refractivity (Wildman–Crippen MR) is 109 cm³/mol. The normalized spacial score (nSPS) is 15.7. The molecule has 1 fully saturated rings. The molecular weight excluding hydrogens is 362 g/mol. The lowest BCUT2D eigenvalue weighted by Gasteiger charge is -2.15. The summed E-state index contributed by atoms with van der Waals surface area (Å²) in [6.07, 6.45) is 2.37. The van der Waals surface area contributed by atoms with E-state index in [1.54, 1.807) is 25.3 Å². The van der Waals surface area contributed by atoms with Crippen molar-refractivity contribution in [1.82, 2.24) is 4.90 Å². The van der Waals surface area contributed by atoms with Crippen molar-refractivity contribution in [2.75, 3.05) is 26.5 Å². The molecule has 0 spiro atoms. The van der Waals surface area contributed by atoms with Crippen LogP contribution in [0.15, 0.2) is 58.7 Å². The third-order valence-electron chi connectivity index (χ3n) is 4.08. The summed E-state index contributed by atoms with van der Waals surface area (Å²) in [4.78, 5) is 13.9. The zero-order chi connectivity index (χ0) is 19.1. The minimum absolute atomic E-state index is 0.0501. The van der Waals surface area contributed by atoms with E-state index in [0.717, 1.165) is 11.1 Å². The van der Waals surface area contributed by atoms with Gasteiger partial charge in [0, 0.05) is 6.54 Å². The topological polar surface area (TPSA) is 63.5 Å².